The first kappa shape index (κ1) is 12.6. The van der Waals surface area contributed by atoms with Crippen molar-refractivity contribution in [1.29, 1.82) is 0 Å². The normalized spacial score (nSPS) is 12.4. The molecule has 1 aromatic rings. The van der Waals surface area contributed by atoms with E-state index >= 15 is 0 Å². The molecule has 1 N–H and O–H groups in total. The predicted molar refractivity (Wildman–Crippen MR) is 58.3 cm³/mol. The Balaban J connectivity index is 2.51. The number of aliphatic hydroxyl groups excluding tert-OH is 1. The Kier molecular flexibility index (Phi) is 4.43. The summed E-state index contributed by atoms with van der Waals surface area (Å²) < 4.78 is 5.27. The van der Waals surface area contributed by atoms with Crippen molar-refractivity contribution in [3.05, 3.63) is 23.7 Å². The lowest BCUT2D eigenvalue weighted by atomic mass is 10.1. The number of furan rings is 1. The molecule has 0 unspecified atom stereocenters. The van der Waals surface area contributed by atoms with Gasteiger partial charge in [0.15, 0.2) is 5.76 Å². The van der Waals surface area contributed by atoms with Crippen molar-refractivity contribution >= 4 is 11.6 Å². The van der Waals surface area contributed by atoms with Crippen LogP contribution in [0.3, 0.4) is 0 Å². The fraction of sp³-hybridized carbons (Fsp3) is 0.500. The van der Waals surface area contributed by atoms with Gasteiger partial charge in [0.05, 0.1) is 0 Å². The summed E-state index contributed by atoms with van der Waals surface area (Å²) in [6.07, 6.45) is 0.814. The molecule has 0 saturated carbocycles. The van der Waals surface area contributed by atoms with E-state index in [1.807, 2.05) is 0 Å². The lowest BCUT2D eigenvalue weighted by molar-refractivity contribution is -0.117. The van der Waals surface area contributed by atoms with E-state index in [0.29, 0.717) is 25.0 Å². The maximum atomic E-state index is 11.3. The molecule has 88 valence electrons. The molecule has 4 nitrogen and oxygen atoms in total. The van der Waals surface area contributed by atoms with E-state index in [-0.39, 0.29) is 11.5 Å². The summed E-state index contributed by atoms with van der Waals surface area (Å²) in [6.45, 7) is 2.95. The fourth-order valence-corrected chi connectivity index (χ4v) is 1.36. The van der Waals surface area contributed by atoms with E-state index in [4.69, 9.17) is 9.52 Å². The first-order valence-corrected chi connectivity index (χ1v) is 5.31. The molecule has 0 bridgehead atoms. The van der Waals surface area contributed by atoms with Crippen molar-refractivity contribution in [2.75, 3.05) is 0 Å². The van der Waals surface area contributed by atoms with Gasteiger partial charge in [0.25, 0.3) is 0 Å². The summed E-state index contributed by atoms with van der Waals surface area (Å²) in [6, 6.07) is 3.26. The first-order chi connectivity index (χ1) is 7.50. The molecule has 0 amide bonds. The Hall–Kier alpha value is -1.42. The summed E-state index contributed by atoms with van der Waals surface area (Å²) in [4.78, 5) is 22.1. The van der Waals surface area contributed by atoms with Crippen LogP contribution >= 0.6 is 0 Å². The summed E-state index contributed by atoms with van der Waals surface area (Å²) in [5, 5.41) is 9.08. The van der Waals surface area contributed by atoms with Gasteiger partial charge >= 0.3 is 0 Å². The average Bonchev–Trinajstić information content (AvgIpc) is 2.64. The Morgan fingerprint density at radius 1 is 1.44 bits per heavy atom. The van der Waals surface area contributed by atoms with Crippen LogP contribution in [0.25, 0.3) is 0 Å². The van der Waals surface area contributed by atoms with Gasteiger partial charge in [0.2, 0.25) is 5.78 Å². The van der Waals surface area contributed by atoms with Crippen molar-refractivity contribution in [1.82, 2.24) is 0 Å². The maximum Gasteiger partial charge on any atom is 0.226 e. The zero-order valence-electron chi connectivity index (χ0n) is 9.53. The van der Waals surface area contributed by atoms with Crippen LogP contribution in [0.1, 0.15) is 43.0 Å². The Bertz CT molecular complexity index is 376. The predicted octanol–water partition coefficient (Wildman–Crippen LogP) is 1.75. The number of aliphatic hydroxyl groups is 1. The monoisotopic (exact) mass is 224 g/mol. The molecule has 0 aliphatic heterocycles. The van der Waals surface area contributed by atoms with Gasteiger partial charge in [-0.1, -0.05) is 0 Å². The van der Waals surface area contributed by atoms with Gasteiger partial charge in [-0.25, -0.2) is 0 Å². The zero-order valence-corrected chi connectivity index (χ0v) is 9.53. The average molecular weight is 224 g/mol. The van der Waals surface area contributed by atoms with Crippen molar-refractivity contribution in [2.45, 2.75) is 39.2 Å². The zero-order chi connectivity index (χ0) is 12.1. The van der Waals surface area contributed by atoms with Crippen molar-refractivity contribution in [2.24, 2.45) is 0 Å². The van der Waals surface area contributed by atoms with Gasteiger partial charge < -0.3 is 14.3 Å². The topological polar surface area (TPSA) is 67.5 Å². The van der Waals surface area contributed by atoms with Gasteiger partial charge in [0, 0.05) is 12.8 Å². The second-order valence-electron chi connectivity index (χ2n) is 3.86. The third kappa shape index (κ3) is 3.62. The standard InChI is InChI=1S/C12H16O4/c1-8(13)4-3-5-10-6-7-11(16-10)12(15)9(2)14/h6-7,9,14H,3-5H2,1-2H3/t9-/m0/s1. The van der Waals surface area contributed by atoms with Gasteiger partial charge in [0.1, 0.15) is 17.6 Å². The number of rotatable bonds is 6. The number of hydrogen-bond donors (Lipinski definition) is 1. The van der Waals surface area contributed by atoms with Crippen molar-refractivity contribution < 1.29 is 19.1 Å². The molecule has 1 rings (SSSR count). The number of carbonyl (C=O) groups excluding carboxylic acids is 2. The molecule has 0 saturated heterocycles. The highest BCUT2D eigenvalue weighted by molar-refractivity contribution is 5.96. The van der Waals surface area contributed by atoms with Crippen LogP contribution in [0.2, 0.25) is 0 Å². The minimum absolute atomic E-state index is 0.145. The van der Waals surface area contributed by atoms with E-state index in [9.17, 15) is 9.59 Å². The molecule has 1 atom stereocenters. The quantitative estimate of drug-likeness (QED) is 0.747. The lowest BCUT2D eigenvalue weighted by Gasteiger charge is -1.99. The van der Waals surface area contributed by atoms with Gasteiger partial charge in [-0.05, 0) is 32.4 Å². The highest BCUT2D eigenvalue weighted by atomic mass is 16.4. The van der Waals surface area contributed by atoms with Crippen molar-refractivity contribution in [3.63, 3.8) is 0 Å². The third-order valence-corrected chi connectivity index (χ3v) is 2.24. The molecular formula is C12H16O4. The number of carbonyl (C=O) groups is 2. The molecule has 0 spiro atoms. The summed E-state index contributed by atoms with van der Waals surface area (Å²) >= 11 is 0. The smallest absolute Gasteiger partial charge is 0.226 e. The summed E-state index contributed by atoms with van der Waals surface area (Å²) in [5.74, 6) is 0.572. The highest BCUT2D eigenvalue weighted by Gasteiger charge is 2.16. The fourth-order valence-electron chi connectivity index (χ4n) is 1.36. The molecule has 0 fully saturated rings. The van der Waals surface area contributed by atoms with E-state index in [0.717, 1.165) is 0 Å². The molecule has 0 radical (unpaired) electrons. The van der Waals surface area contributed by atoms with E-state index in [1.165, 1.54) is 6.92 Å². The number of Topliss-reactive ketones (excluding diaryl/α,β-unsaturated/α-hetero) is 2. The van der Waals surface area contributed by atoms with Crippen LogP contribution < -0.4 is 0 Å². The molecule has 1 heterocycles. The summed E-state index contributed by atoms with van der Waals surface area (Å²) in [5.41, 5.74) is 0. The molecule has 0 aromatic carbocycles. The minimum atomic E-state index is -1.05. The summed E-state index contributed by atoms with van der Waals surface area (Å²) in [7, 11) is 0. The second-order valence-corrected chi connectivity index (χ2v) is 3.86. The van der Waals surface area contributed by atoms with Crippen LogP contribution in [-0.4, -0.2) is 22.8 Å². The van der Waals surface area contributed by atoms with E-state index < -0.39 is 11.9 Å². The van der Waals surface area contributed by atoms with Crippen LogP contribution in [0.15, 0.2) is 16.5 Å². The van der Waals surface area contributed by atoms with Gasteiger partial charge in [-0.2, -0.15) is 0 Å². The van der Waals surface area contributed by atoms with Crippen LogP contribution in [0.4, 0.5) is 0 Å². The highest BCUT2D eigenvalue weighted by Crippen LogP contribution is 2.13. The third-order valence-electron chi connectivity index (χ3n) is 2.24. The molecule has 0 aliphatic rings. The molecule has 1 aromatic heterocycles. The van der Waals surface area contributed by atoms with Gasteiger partial charge in [-0.15, -0.1) is 0 Å². The molecule has 4 heteroatoms. The Morgan fingerprint density at radius 3 is 2.69 bits per heavy atom. The second kappa shape index (κ2) is 5.61. The molecular weight excluding hydrogens is 208 g/mol. The maximum absolute atomic E-state index is 11.3. The molecule has 0 aliphatic carbocycles. The van der Waals surface area contributed by atoms with Crippen LogP contribution in [0.5, 0.6) is 0 Å². The number of ketones is 2. The first-order valence-electron chi connectivity index (χ1n) is 5.31. The SMILES string of the molecule is CC(=O)CCCc1ccc(C(=O)[C@H](C)O)o1. The molecule has 16 heavy (non-hydrogen) atoms. The van der Waals surface area contributed by atoms with E-state index in [2.05, 4.69) is 0 Å². The minimum Gasteiger partial charge on any atom is -0.458 e. The number of hydrogen-bond acceptors (Lipinski definition) is 4. The van der Waals surface area contributed by atoms with Crippen LogP contribution in [0, 0.1) is 0 Å². The van der Waals surface area contributed by atoms with Crippen molar-refractivity contribution in [3.8, 4) is 0 Å². The largest absolute Gasteiger partial charge is 0.458 e. The van der Waals surface area contributed by atoms with Gasteiger partial charge in [-0.3, -0.25) is 4.79 Å². The Labute approximate surface area is 94.3 Å². The lowest BCUT2D eigenvalue weighted by Crippen LogP contribution is -2.15. The van der Waals surface area contributed by atoms with E-state index in [1.54, 1.807) is 19.1 Å². The van der Waals surface area contributed by atoms with Crippen LogP contribution in [-0.2, 0) is 11.2 Å². The number of aryl methyl sites for hydroxylation is 1. The Morgan fingerprint density at radius 2 is 2.12 bits per heavy atom.